The van der Waals surface area contributed by atoms with Gasteiger partial charge in [0, 0.05) is 49.1 Å². The summed E-state index contributed by atoms with van der Waals surface area (Å²) < 4.78 is 5.13. The fourth-order valence-corrected chi connectivity index (χ4v) is 3.05. The predicted molar refractivity (Wildman–Crippen MR) is 110 cm³/mol. The number of carbonyl (C=O) groups excluding carboxylic acids is 4. The first-order valence-corrected chi connectivity index (χ1v) is 9.57. The van der Waals surface area contributed by atoms with E-state index in [9.17, 15) is 19.2 Å². The smallest absolute Gasteiger partial charge is 0.289 e. The number of nitrogens with zero attached hydrogens (tertiary/aromatic N) is 2. The van der Waals surface area contributed by atoms with Crippen LogP contribution in [0.1, 0.15) is 34.8 Å². The lowest BCUT2D eigenvalue weighted by molar-refractivity contribution is -0.127. The second-order valence-electron chi connectivity index (χ2n) is 7.01. The average Bonchev–Trinajstić information content (AvgIpc) is 3.28. The molecule has 0 spiro atoms. The molecule has 0 bridgehead atoms. The van der Waals surface area contributed by atoms with E-state index in [2.05, 4.69) is 5.32 Å². The van der Waals surface area contributed by atoms with Crippen LogP contribution in [0.25, 0.3) is 0 Å². The first kappa shape index (κ1) is 21.0. The molecule has 8 nitrogen and oxygen atoms in total. The fourth-order valence-electron chi connectivity index (χ4n) is 3.05. The summed E-state index contributed by atoms with van der Waals surface area (Å²) in [7, 11) is 0. The van der Waals surface area contributed by atoms with Crippen molar-refractivity contribution in [2.75, 3.05) is 31.5 Å². The summed E-state index contributed by atoms with van der Waals surface area (Å²) in [5.41, 5.74) is 1.36. The standard InChI is InChI=1S/C22H23N3O5/c1-15(21(28)23-18-7-5-17(6-8-18)16(2)26)14-20(27)24-9-11-25(12-10-24)22(29)19-4-3-13-30-19/h3-8,13-14H,9-12H2,1-2H3,(H,23,28)/b15-14-. The number of amides is 3. The van der Waals surface area contributed by atoms with Gasteiger partial charge < -0.3 is 19.5 Å². The molecule has 1 aliphatic rings. The van der Waals surface area contributed by atoms with E-state index in [0.29, 0.717) is 37.4 Å². The molecule has 1 aromatic carbocycles. The van der Waals surface area contributed by atoms with E-state index in [0.717, 1.165) is 0 Å². The summed E-state index contributed by atoms with van der Waals surface area (Å²) in [4.78, 5) is 51.7. The molecule has 2 heterocycles. The second-order valence-corrected chi connectivity index (χ2v) is 7.01. The molecule has 1 N–H and O–H groups in total. The third kappa shape index (κ3) is 5.02. The van der Waals surface area contributed by atoms with Crippen molar-refractivity contribution < 1.29 is 23.6 Å². The van der Waals surface area contributed by atoms with Gasteiger partial charge in [-0.3, -0.25) is 19.2 Å². The monoisotopic (exact) mass is 409 g/mol. The highest BCUT2D eigenvalue weighted by Crippen LogP contribution is 2.13. The molecule has 1 fully saturated rings. The molecule has 0 aliphatic carbocycles. The van der Waals surface area contributed by atoms with Crippen LogP contribution in [0.4, 0.5) is 5.69 Å². The van der Waals surface area contributed by atoms with Crippen LogP contribution < -0.4 is 5.32 Å². The van der Waals surface area contributed by atoms with Gasteiger partial charge in [0.2, 0.25) is 5.91 Å². The van der Waals surface area contributed by atoms with Crippen molar-refractivity contribution >= 4 is 29.2 Å². The molecule has 0 saturated carbocycles. The molecule has 0 atom stereocenters. The van der Waals surface area contributed by atoms with Crippen LogP contribution in [0.2, 0.25) is 0 Å². The molecular formula is C22H23N3O5. The summed E-state index contributed by atoms with van der Waals surface area (Å²) in [5.74, 6) is -0.654. The lowest BCUT2D eigenvalue weighted by Crippen LogP contribution is -2.50. The maximum Gasteiger partial charge on any atom is 0.289 e. The summed E-state index contributed by atoms with van der Waals surface area (Å²) >= 11 is 0. The van der Waals surface area contributed by atoms with Gasteiger partial charge in [0.1, 0.15) is 0 Å². The Morgan fingerprint density at radius 2 is 1.57 bits per heavy atom. The molecular weight excluding hydrogens is 386 g/mol. The van der Waals surface area contributed by atoms with Crippen LogP contribution in [0.15, 0.2) is 58.7 Å². The van der Waals surface area contributed by atoms with Gasteiger partial charge in [-0.1, -0.05) is 0 Å². The Hall–Kier alpha value is -3.68. The second kappa shape index (κ2) is 9.21. The van der Waals surface area contributed by atoms with Crippen molar-refractivity contribution in [3.05, 3.63) is 65.6 Å². The minimum absolute atomic E-state index is 0.0551. The highest BCUT2D eigenvalue weighted by molar-refractivity contribution is 6.07. The van der Waals surface area contributed by atoms with Gasteiger partial charge in [0.15, 0.2) is 11.5 Å². The zero-order valence-electron chi connectivity index (χ0n) is 16.9. The molecule has 3 rings (SSSR count). The van der Waals surface area contributed by atoms with Crippen molar-refractivity contribution in [1.29, 1.82) is 0 Å². The van der Waals surface area contributed by atoms with E-state index in [1.165, 1.54) is 19.3 Å². The van der Waals surface area contributed by atoms with Crippen LogP contribution >= 0.6 is 0 Å². The van der Waals surface area contributed by atoms with Crippen LogP contribution in [0, 0.1) is 0 Å². The summed E-state index contributed by atoms with van der Waals surface area (Å²) in [5, 5.41) is 2.70. The van der Waals surface area contributed by atoms with Crippen LogP contribution in [-0.2, 0) is 9.59 Å². The number of furan rings is 1. The number of rotatable bonds is 5. The summed E-state index contributed by atoms with van der Waals surface area (Å²) in [6, 6.07) is 9.80. The lowest BCUT2D eigenvalue weighted by Gasteiger charge is -2.33. The van der Waals surface area contributed by atoms with E-state index in [1.54, 1.807) is 53.1 Å². The Balaban J connectivity index is 1.53. The Bertz CT molecular complexity index is 969. The summed E-state index contributed by atoms with van der Waals surface area (Å²) in [6.45, 7) is 4.58. The number of carbonyl (C=O) groups is 4. The largest absolute Gasteiger partial charge is 0.459 e. The maximum absolute atomic E-state index is 12.5. The molecule has 8 heteroatoms. The van der Waals surface area contributed by atoms with Crippen LogP contribution in [-0.4, -0.2) is 59.5 Å². The number of benzene rings is 1. The first-order chi connectivity index (χ1) is 14.3. The van der Waals surface area contributed by atoms with Crippen LogP contribution in [0.5, 0.6) is 0 Å². The number of Topliss-reactive ketones (excluding diaryl/α,β-unsaturated/α-hetero) is 1. The van der Waals surface area contributed by atoms with Gasteiger partial charge in [-0.05, 0) is 50.2 Å². The van der Waals surface area contributed by atoms with Crippen molar-refractivity contribution in [1.82, 2.24) is 9.80 Å². The third-order valence-electron chi connectivity index (χ3n) is 4.86. The number of hydrogen-bond acceptors (Lipinski definition) is 5. The minimum Gasteiger partial charge on any atom is -0.459 e. The lowest BCUT2D eigenvalue weighted by atomic mass is 10.1. The van der Waals surface area contributed by atoms with Crippen molar-refractivity contribution in [3.63, 3.8) is 0 Å². The zero-order chi connectivity index (χ0) is 21.7. The quantitative estimate of drug-likeness (QED) is 0.604. The van der Waals surface area contributed by atoms with Crippen LogP contribution in [0.3, 0.4) is 0 Å². The highest BCUT2D eigenvalue weighted by Gasteiger charge is 2.25. The van der Waals surface area contributed by atoms with E-state index in [1.807, 2.05) is 0 Å². The van der Waals surface area contributed by atoms with Crippen molar-refractivity contribution in [2.24, 2.45) is 0 Å². The predicted octanol–water partition coefficient (Wildman–Crippen LogP) is 2.35. The van der Waals surface area contributed by atoms with Gasteiger partial charge in [0.25, 0.3) is 11.8 Å². The molecule has 1 saturated heterocycles. The van der Waals surface area contributed by atoms with Gasteiger partial charge >= 0.3 is 0 Å². The van der Waals surface area contributed by atoms with Gasteiger partial charge in [0.05, 0.1) is 6.26 Å². The van der Waals surface area contributed by atoms with Gasteiger partial charge in [-0.25, -0.2) is 0 Å². The molecule has 3 amide bonds. The Morgan fingerprint density at radius 1 is 0.933 bits per heavy atom. The number of hydrogen-bond donors (Lipinski definition) is 1. The first-order valence-electron chi connectivity index (χ1n) is 9.57. The fraction of sp³-hybridized carbons (Fsp3) is 0.273. The van der Waals surface area contributed by atoms with Crippen molar-refractivity contribution in [3.8, 4) is 0 Å². The molecule has 2 aromatic rings. The SMILES string of the molecule is CC(=O)c1ccc(NC(=O)/C(C)=C\C(=O)N2CCN(C(=O)c3ccco3)CC2)cc1. The molecule has 1 aromatic heterocycles. The Morgan fingerprint density at radius 3 is 2.13 bits per heavy atom. The van der Waals surface area contributed by atoms with E-state index in [-0.39, 0.29) is 28.9 Å². The molecule has 156 valence electrons. The third-order valence-corrected chi connectivity index (χ3v) is 4.86. The zero-order valence-corrected chi connectivity index (χ0v) is 16.9. The number of piperazine rings is 1. The van der Waals surface area contributed by atoms with E-state index < -0.39 is 5.91 Å². The average molecular weight is 409 g/mol. The normalized spacial score (nSPS) is 14.4. The number of anilines is 1. The van der Waals surface area contributed by atoms with Gasteiger partial charge in [-0.15, -0.1) is 0 Å². The van der Waals surface area contributed by atoms with Crippen molar-refractivity contribution in [2.45, 2.75) is 13.8 Å². The molecule has 1 aliphatic heterocycles. The molecule has 30 heavy (non-hydrogen) atoms. The topological polar surface area (TPSA) is 99.9 Å². The Kier molecular flexibility index (Phi) is 6.46. The maximum atomic E-state index is 12.5. The molecule has 0 unspecified atom stereocenters. The Labute approximate surface area is 174 Å². The minimum atomic E-state index is -0.398. The molecule has 0 radical (unpaired) electrons. The number of ketones is 1. The highest BCUT2D eigenvalue weighted by atomic mass is 16.3. The van der Waals surface area contributed by atoms with E-state index >= 15 is 0 Å². The van der Waals surface area contributed by atoms with E-state index in [4.69, 9.17) is 4.42 Å². The van der Waals surface area contributed by atoms with Gasteiger partial charge in [-0.2, -0.15) is 0 Å². The summed E-state index contributed by atoms with van der Waals surface area (Å²) in [6.07, 6.45) is 2.74. The number of nitrogens with one attached hydrogen (secondary N) is 1.